The van der Waals surface area contributed by atoms with E-state index in [1.54, 1.807) is 0 Å². The van der Waals surface area contributed by atoms with Crippen LogP contribution in [0.1, 0.15) is 12.5 Å². The van der Waals surface area contributed by atoms with Crippen LogP contribution in [0.3, 0.4) is 0 Å². The molecule has 0 aliphatic heterocycles. The van der Waals surface area contributed by atoms with Gasteiger partial charge in [-0.15, -0.1) is 0 Å². The molecule has 64 valence electrons. The largest absolute Gasteiger partial charge is 0.396 e. The first-order valence-corrected chi connectivity index (χ1v) is 4.17. The van der Waals surface area contributed by atoms with E-state index in [0.29, 0.717) is 0 Å². The Hall–Kier alpha value is -1.08. The molecular weight excluding hydrogens is 148 g/mol. The molecule has 1 unspecified atom stereocenters. The first-order chi connectivity index (χ1) is 5.83. The number of benzene rings is 1. The average molecular weight is 162 g/mol. The second kappa shape index (κ2) is 4.73. The van der Waals surface area contributed by atoms with E-state index in [1.807, 2.05) is 49.4 Å². The van der Waals surface area contributed by atoms with Crippen LogP contribution < -0.4 is 0 Å². The van der Waals surface area contributed by atoms with Crippen LogP contribution in [0.2, 0.25) is 0 Å². The van der Waals surface area contributed by atoms with Gasteiger partial charge in [0.1, 0.15) is 0 Å². The Kier molecular flexibility index (Phi) is 3.55. The third kappa shape index (κ3) is 2.89. The molecule has 1 nitrogen and oxygen atoms in total. The summed E-state index contributed by atoms with van der Waals surface area (Å²) in [4.78, 5) is 0. The van der Waals surface area contributed by atoms with Gasteiger partial charge < -0.3 is 5.11 Å². The van der Waals surface area contributed by atoms with Gasteiger partial charge >= 0.3 is 0 Å². The van der Waals surface area contributed by atoms with E-state index in [4.69, 9.17) is 5.11 Å². The van der Waals surface area contributed by atoms with Crippen molar-refractivity contribution in [2.75, 3.05) is 6.61 Å². The van der Waals surface area contributed by atoms with Crippen molar-refractivity contribution >= 4 is 6.08 Å². The summed E-state index contributed by atoms with van der Waals surface area (Å²) in [6, 6.07) is 10.1. The molecule has 1 atom stereocenters. The van der Waals surface area contributed by atoms with E-state index in [-0.39, 0.29) is 12.5 Å². The van der Waals surface area contributed by atoms with Gasteiger partial charge in [0.15, 0.2) is 0 Å². The summed E-state index contributed by atoms with van der Waals surface area (Å²) in [5.74, 6) is 0.241. The maximum absolute atomic E-state index is 8.76. The third-order valence-corrected chi connectivity index (χ3v) is 1.70. The zero-order chi connectivity index (χ0) is 8.81. The van der Waals surface area contributed by atoms with E-state index >= 15 is 0 Å². The molecular formula is C11H14O. The average Bonchev–Trinajstić information content (AvgIpc) is 2.16. The van der Waals surface area contributed by atoms with Crippen molar-refractivity contribution in [3.8, 4) is 0 Å². The van der Waals surface area contributed by atoms with Crippen LogP contribution in [0.4, 0.5) is 0 Å². The number of hydrogen-bond acceptors (Lipinski definition) is 1. The monoisotopic (exact) mass is 162 g/mol. The lowest BCUT2D eigenvalue weighted by atomic mass is 10.1. The molecule has 0 amide bonds. The quantitative estimate of drug-likeness (QED) is 0.723. The van der Waals surface area contributed by atoms with Crippen LogP contribution in [-0.2, 0) is 0 Å². The Morgan fingerprint density at radius 1 is 1.33 bits per heavy atom. The Bertz CT molecular complexity index is 238. The first-order valence-electron chi connectivity index (χ1n) is 4.17. The van der Waals surface area contributed by atoms with E-state index in [0.717, 1.165) is 0 Å². The fourth-order valence-electron chi connectivity index (χ4n) is 0.900. The third-order valence-electron chi connectivity index (χ3n) is 1.70. The lowest BCUT2D eigenvalue weighted by Crippen LogP contribution is -1.94. The molecule has 0 spiro atoms. The van der Waals surface area contributed by atoms with Gasteiger partial charge in [-0.2, -0.15) is 0 Å². The molecule has 0 heterocycles. The molecule has 0 aliphatic rings. The first kappa shape index (κ1) is 9.01. The summed E-state index contributed by atoms with van der Waals surface area (Å²) in [7, 11) is 0. The van der Waals surface area contributed by atoms with E-state index in [1.165, 1.54) is 5.56 Å². The SMILES string of the molecule is CC(/C=C\c1ccccc1)CO. The predicted molar refractivity (Wildman–Crippen MR) is 51.7 cm³/mol. The minimum Gasteiger partial charge on any atom is -0.396 e. The van der Waals surface area contributed by atoms with Gasteiger partial charge in [0.2, 0.25) is 0 Å². The van der Waals surface area contributed by atoms with Crippen LogP contribution in [0.15, 0.2) is 36.4 Å². The number of rotatable bonds is 3. The smallest absolute Gasteiger partial charge is 0.0491 e. The highest BCUT2D eigenvalue weighted by Crippen LogP contribution is 2.04. The summed E-state index contributed by atoms with van der Waals surface area (Å²) in [5.41, 5.74) is 1.18. The maximum Gasteiger partial charge on any atom is 0.0491 e. The highest BCUT2D eigenvalue weighted by molar-refractivity contribution is 5.48. The zero-order valence-electron chi connectivity index (χ0n) is 7.27. The maximum atomic E-state index is 8.76. The lowest BCUT2D eigenvalue weighted by Gasteiger charge is -1.98. The van der Waals surface area contributed by atoms with Crippen LogP contribution in [-0.4, -0.2) is 11.7 Å². The molecule has 0 bridgehead atoms. The fourth-order valence-corrected chi connectivity index (χ4v) is 0.900. The predicted octanol–water partition coefficient (Wildman–Crippen LogP) is 2.33. The standard InChI is InChI=1S/C11H14O/c1-10(9-12)7-8-11-5-3-2-4-6-11/h2-8,10,12H,9H2,1H3/b8-7-. The van der Waals surface area contributed by atoms with Crippen molar-refractivity contribution in [3.05, 3.63) is 42.0 Å². The van der Waals surface area contributed by atoms with Crippen molar-refractivity contribution in [2.45, 2.75) is 6.92 Å². The van der Waals surface area contributed by atoms with Crippen molar-refractivity contribution < 1.29 is 5.11 Å². The molecule has 1 heteroatoms. The summed E-state index contributed by atoms with van der Waals surface area (Å²) < 4.78 is 0. The highest BCUT2D eigenvalue weighted by atomic mass is 16.3. The Morgan fingerprint density at radius 3 is 2.58 bits per heavy atom. The van der Waals surface area contributed by atoms with E-state index < -0.39 is 0 Å². The van der Waals surface area contributed by atoms with Crippen LogP contribution >= 0.6 is 0 Å². The van der Waals surface area contributed by atoms with Gasteiger partial charge in [-0.3, -0.25) is 0 Å². The van der Waals surface area contributed by atoms with Gasteiger partial charge in [0.05, 0.1) is 0 Å². The summed E-state index contributed by atoms with van der Waals surface area (Å²) in [5, 5.41) is 8.76. The number of hydrogen-bond donors (Lipinski definition) is 1. The van der Waals surface area contributed by atoms with Crippen molar-refractivity contribution in [3.63, 3.8) is 0 Å². The fraction of sp³-hybridized carbons (Fsp3) is 0.273. The molecule has 12 heavy (non-hydrogen) atoms. The molecule has 0 aliphatic carbocycles. The molecule has 0 radical (unpaired) electrons. The molecule has 0 saturated carbocycles. The zero-order valence-corrected chi connectivity index (χ0v) is 7.27. The summed E-state index contributed by atoms with van der Waals surface area (Å²) in [6.07, 6.45) is 4.04. The van der Waals surface area contributed by atoms with Gasteiger partial charge in [0, 0.05) is 6.61 Å². The number of aliphatic hydroxyl groups excluding tert-OH is 1. The molecule has 1 N–H and O–H groups in total. The highest BCUT2D eigenvalue weighted by Gasteiger charge is 1.91. The second-order valence-corrected chi connectivity index (χ2v) is 2.93. The van der Waals surface area contributed by atoms with Crippen molar-refractivity contribution in [1.82, 2.24) is 0 Å². The summed E-state index contributed by atoms with van der Waals surface area (Å²) >= 11 is 0. The Morgan fingerprint density at radius 2 is 2.00 bits per heavy atom. The van der Waals surface area contributed by atoms with E-state index in [9.17, 15) is 0 Å². The minimum atomic E-state index is 0.212. The normalized spacial score (nSPS) is 13.5. The molecule has 0 aromatic heterocycles. The van der Waals surface area contributed by atoms with Gasteiger partial charge in [-0.05, 0) is 11.5 Å². The van der Waals surface area contributed by atoms with Crippen LogP contribution in [0.25, 0.3) is 6.08 Å². The molecule has 1 aromatic carbocycles. The topological polar surface area (TPSA) is 20.2 Å². The number of aliphatic hydroxyl groups is 1. The Labute approximate surface area is 73.4 Å². The van der Waals surface area contributed by atoms with E-state index in [2.05, 4.69) is 0 Å². The molecule has 1 rings (SSSR count). The Balaban J connectivity index is 2.58. The van der Waals surface area contributed by atoms with Crippen LogP contribution in [0.5, 0.6) is 0 Å². The lowest BCUT2D eigenvalue weighted by molar-refractivity contribution is 0.262. The molecule has 0 fully saturated rings. The van der Waals surface area contributed by atoms with Gasteiger partial charge in [-0.1, -0.05) is 49.4 Å². The van der Waals surface area contributed by atoms with Crippen molar-refractivity contribution in [1.29, 1.82) is 0 Å². The minimum absolute atomic E-state index is 0.212. The van der Waals surface area contributed by atoms with Crippen LogP contribution in [0, 0.1) is 5.92 Å². The molecule has 0 saturated heterocycles. The van der Waals surface area contributed by atoms with Gasteiger partial charge in [-0.25, -0.2) is 0 Å². The van der Waals surface area contributed by atoms with Gasteiger partial charge in [0.25, 0.3) is 0 Å². The van der Waals surface area contributed by atoms with Crippen molar-refractivity contribution in [2.24, 2.45) is 5.92 Å². The molecule has 1 aromatic rings. The second-order valence-electron chi connectivity index (χ2n) is 2.93. The summed E-state index contributed by atoms with van der Waals surface area (Å²) in [6.45, 7) is 2.20.